The zero-order chi connectivity index (χ0) is 14.3. The highest BCUT2D eigenvalue weighted by atomic mass is 35.5. The fraction of sp³-hybridized carbons (Fsp3) is 0.333. The van der Waals surface area contributed by atoms with E-state index in [0.29, 0.717) is 30.2 Å². The Morgan fingerprint density at radius 2 is 2.26 bits per heavy atom. The zero-order valence-corrected chi connectivity index (χ0v) is 11.9. The molecule has 0 bridgehead atoms. The van der Waals surface area contributed by atoms with Crippen LogP contribution in [0.5, 0.6) is 0 Å². The molecule has 4 nitrogen and oxygen atoms in total. The first kappa shape index (κ1) is 15.7. The highest BCUT2D eigenvalue weighted by Gasteiger charge is 2.03. The van der Waals surface area contributed by atoms with Crippen LogP contribution in [0, 0.1) is 5.82 Å². The van der Waals surface area contributed by atoms with Crippen molar-refractivity contribution >= 4 is 40.6 Å². The summed E-state index contributed by atoms with van der Waals surface area (Å²) >= 11 is 10.7. The summed E-state index contributed by atoms with van der Waals surface area (Å²) in [6.45, 7) is 0.538. The maximum Gasteiger partial charge on any atom is 0.305 e. The summed E-state index contributed by atoms with van der Waals surface area (Å²) in [4.78, 5) is 10.9. The zero-order valence-electron chi connectivity index (χ0n) is 10.3. The largest absolute Gasteiger partial charge is 0.469 e. The third kappa shape index (κ3) is 5.85. The minimum atomic E-state index is -0.482. The number of nitrogens with one attached hydrogen (secondary N) is 2. The molecular formula is C12H14ClFN2O2S. The molecule has 0 heterocycles. The molecule has 0 saturated carbocycles. The molecule has 0 unspecified atom stereocenters. The van der Waals surface area contributed by atoms with E-state index in [1.165, 1.54) is 25.3 Å². The van der Waals surface area contributed by atoms with E-state index < -0.39 is 5.82 Å². The van der Waals surface area contributed by atoms with E-state index in [4.69, 9.17) is 23.8 Å². The molecule has 0 spiro atoms. The van der Waals surface area contributed by atoms with Crippen molar-refractivity contribution in [3.8, 4) is 0 Å². The number of thiocarbonyl (C=S) groups is 1. The Kier molecular flexibility index (Phi) is 6.52. The molecule has 2 N–H and O–H groups in total. The van der Waals surface area contributed by atoms with Crippen LogP contribution in [-0.2, 0) is 9.53 Å². The second-order valence-electron chi connectivity index (χ2n) is 3.69. The van der Waals surface area contributed by atoms with Crippen LogP contribution < -0.4 is 10.6 Å². The van der Waals surface area contributed by atoms with E-state index in [1.54, 1.807) is 0 Å². The van der Waals surface area contributed by atoms with Crippen molar-refractivity contribution in [3.05, 3.63) is 29.0 Å². The first-order chi connectivity index (χ1) is 9.02. The second-order valence-corrected chi connectivity index (χ2v) is 4.50. The molecule has 0 aliphatic heterocycles. The van der Waals surface area contributed by atoms with Crippen LogP contribution in [-0.4, -0.2) is 24.7 Å². The molecule has 0 amide bonds. The van der Waals surface area contributed by atoms with Crippen molar-refractivity contribution in [2.45, 2.75) is 12.8 Å². The van der Waals surface area contributed by atoms with E-state index in [9.17, 15) is 9.18 Å². The Hall–Kier alpha value is -1.40. The number of methoxy groups -OCH3 is 1. The number of halogens is 2. The first-order valence-corrected chi connectivity index (χ1v) is 6.38. The lowest BCUT2D eigenvalue weighted by Gasteiger charge is -2.10. The van der Waals surface area contributed by atoms with Gasteiger partial charge in [0, 0.05) is 18.7 Å². The quantitative estimate of drug-likeness (QED) is 0.498. The molecule has 0 atom stereocenters. The fourth-order valence-electron chi connectivity index (χ4n) is 1.29. The molecule has 0 aliphatic rings. The summed E-state index contributed by atoms with van der Waals surface area (Å²) in [7, 11) is 1.35. The van der Waals surface area contributed by atoms with E-state index in [-0.39, 0.29) is 11.0 Å². The molecule has 1 aromatic rings. The van der Waals surface area contributed by atoms with Gasteiger partial charge in [-0.2, -0.15) is 0 Å². The highest BCUT2D eigenvalue weighted by molar-refractivity contribution is 7.80. The number of esters is 1. The molecular weight excluding hydrogens is 291 g/mol. The van der Waals surface area contributed by atoms with Gasteiger partial charge in [-0.15, -0.1) is 0 Å². The Bertz CT molecular complexity index is 471. The van der Waals surface area contributed by atoms with Crippen LogP contribution in [0.2, 0.25) is 5.02 Å². The number of ether oxygens (including phenoxy) is 1. The SMILES string of the molecule is COC(=O)CCCNC(=S)Nc1ccc(F)c(Cl)c1. The third-order valence-electron chi connectivity index (χ3n) is 2.25. The van der Waals surface area contributed by atoms with Crippen molar-refractivity contribution < 1.29 is 13.9 Å². The molecule has 0 radical (unpaired) electrons. The van der Waals surface area contributed by atoms with Gasteiger partial charge >= 0.3 is 5.97 Å². The number of carbonyl (C=O) groups is 1. The smallest absolute Gasteiger partial charge is 0.305 e. The van der Waals surface area contributed by atoms with Gasteiger partial charge in [-0.25, -0.2) is 4.39 Å². The summed E-state index contributed by atoms with van der Waals surface area (Å²) in [5, 5.41) is 6.19. The van der Waals surface area contributed by atoms with Crippen LogP contribution >= 0.6 is 23.8 Å². The summed E-state index contributed by atoms with van der Waals surface area (Å²) in [6.07, 6.45) is 0.938. The number of benzene rings is 1. The average Bonchev–Trinajstić information content (AvgIpc) is 2.38. The fourth-order valence-corrected chi connectivity index (χ4v) is 1.69. The van der Waals surface area contributed by atoms with Gasteiger partial charge < -0.3 is 15.4 Å². The number of carbonyl (C=O) groups excluding carboxylic acids is 1. The maximum absolute atomic E-state index is 12.9. The standard InChI is InChI=1S/C12H14ClFN2O2S/c1-18-11(17)3-2-6-15-12(19)16-8-4-5-10(14)9(13)7-8/h4-5,7H,2-3,6H2,1H3,(H2,15,16,19). The second kappa shape index (κ2) is 7.91. The third-order valence-corrected chi connectivity index (χ3v) is 2.78. The number of anilines is 1. The number of hydrogen-bond donors (Lipinski definition) is 2. The van der Waals surface area contributed by atoms with Gasteiger partial charge in [-0.3, -0.25) is 4.79 Å². The van der Waals surface area contributed by atoms with E-state index in [2.05, 4.69) is 15.4 Å². The summed E-state index contributed by atoms with van der Waals surface area (Å²) in [5.74, 6) is -0.741. The van der Waals surface area contributed by atoms with Crippen molar-refractivity contribution in [2.24, 2.45) is 0 Å². The Morgan fingerprint density at radius 1 is 1.53 bits per heavy atom. The maximum atomic E-state index is 12.9. The Balaban J connectivity index is 2.31. The molecule has 0 aliphatic carbocycles. The number of rotatable bonds is 5. The average molecular weight is 305 g/mol. The molecule has 19 heavy (non-hydrogen) atoms. The minimum Gasteiger partial charge on any atom is -0.469 e. The molecule has 104 valence electrons. The van der Waals surface area contributed by atoms with Gasteiger partial charge in [0.25, 0.3) is 0 Å². The minimum absolute atomic E-state index is 0.0264. The summed E-state index contributed by atoms with van der Waals surface area (Å²) < 4.78 is 17.5. The van der Waals surface area contributed by atoms with Crippen molar-refractivity contribution in [1.29, 1.82) is 0 Å². The van der Waals surface area contributed by atoms with E-state index in [0.717, 1.165) is 0 Å². The van der Waals surface area contributed by atoms with Gasteiger partial charge in [0.05, 0.1) is 12.1 Å². The monoisotopic (exact) mass is 304 g/mol. The molecule has 0 aromatic heterocycles. The van der Waals surface area contributed by atoms with E-state index >= 15 is 0 Å². The molecule has 1 rings (SSSR count). The lowest BCUT2D eigenvalue weighted by atomic mass is 10.3. The van der Waals surface area contributed by atoms with Crippen LogP contribution in [0.3, 0.4) is 0 Å². The van der Waals surface area contributed by atoms with Crippen LogP contribution in [0.4, 0.5) is 10.1 Å². The molecule has 0 fully saturated rings. The summed E-state index contributed by atoms with van der Waals surface area (Å²) in [5.41, 5.74) is 0.594. The Morgan fingerprint density at radius 3 is 2.89 bits per heavy atom. The van der Waals surface area contributed by atoms with Gasteiger partial charge in [0.2, 0.25) is 0 Å². The summed E-state index contributed by atoms with van der Waals surface area (Å²) in [6, 6.07) is 4.23. The van der Waals surface area contributed by atoms with Crippen LogP contribution in [0.1, 0.15) is 12.8 Å². The lowest BCUT2D eigenvalue weighted by Crippen LogP contribution is -2.29. The molecule has 7 heteroatoms. The van der Waals surface area contributed by atoms with E-state index in [1.807, 2.05) is 0 Å². The lowest BCUT2D eigenvalue weighted by molar-refractivity contribution is -0.140. The highest BCUT2D eigenvalue weighted by Crippen LogP contribution is 2.19. The van der Waals surface area contributed by atoms with Gasteiger partial charge in [0.1, 0.15) is 5.82 Å². The van der Waals surface area contributed by atoms with Gasteiger partial charge in [-0.05, 0) is 36.8 Å². The van der Waals surface area contributed by atoms with Crippen molar-refractivity contribution in [1.82, 2.24) is 5.32 Å². The first-order valence-electron chi connectivity index (χ1n) is 5.59. The topological polar surface area (TPSA) is 50.4 Å². The predicted molar refractivity (Wildman–Crippen MR) is 76.9 cm³/mol. The Labute approximate surface area is 121 Å². The van der Waals surface area contributed by atoms with Gasteiger partial charge in [0.15, 0.2) is 5.11 Å². The van der Waals surface area contributed by atoms with Crippen LogP contribution in [0.15, 0.2) is 18.2 Å². The van der Waals surface area contributed by atoms with Crippen molar-refractivity contribution in [3.63, 3.8) is 0 Å². The normalized spacial score (nSPS) is 9.84. The molecule has 1 aromatic carbocycles. The van der Waals surface area contributed by atoms with Crippen LogP contribution in [0.25, 0.3) is 0 Å². The molecule has 0 saturated heterocycles. The predicted octanol–water partition coefficient (Wildman–Crippen LogP) is 2.72. The number of hydrogen-bond acceptors (Lipinski definition) is 3. The van der Waals surface area contributed by atoms with Gasteiger partial charge in [-0.1, -0.05) is 11.6 Å². The van der Waals surface area contributed by atoms with Crippen molar-refractivity contribution in [2.75, 3.05) is 19.0 Å².